The predicted octanol–water partition coefficient (Wildman–Crippen LogP) is 1.90. The van der Waals surface area contributed by atoms with Crippen LogP contribution in [-0.4, -0.2) is 44.1 Å². The fourth-order valence-electron chi connectivity index (χ4n) is 4.03. The van der Waals surface area contributed by atoms with Crippen LogP contribution in [0, 0.1) is 11.3 Å². The second-order valence-electron chi connectivity index (χ2n) is 7.08. The number of likely N-dealkylation sites (tertiary alicyclic amines) is 1. The lowest BCUT2D eigenvalue weighted by Crippen LogP contribution is -2.40. The molecule has 0 bridgehead atoms. The average Bonchev–Trinajstić information content (AvgIpc) is 3.15. The number of hydrogen-bond donors (Lipinski definition) is 2. The van der Waals surface area contributed by atoms with Crippen molar-refractivity contribution in [1.29, 1.82) is 5.26 Å². The molecule has 0 aromatic carbocycles. The first kappa shape index (κ1) is 17.5. The van der Waals surface area contributed by atoms with Crippen LogP contribution < -0.4 is 11.2 Å². The number of H-pyrrole nitrogens is 2. The summed E-state index contributed by atoms with van der Waals surface area (Å²) in [5.74, 6) is 0. The van der Waals surface area contributed by atoms with E-state index in [-0.39, 0.29) is 11.7 Å². The zero-order chi connectivity index (χ0) is 18.8. The molecule has 0 amide bonds. The molecule has 0 aliphatic carbocycles. The molecule has 0 saturated carbocycles. The van der Waals surface area contributed by atoms with E-state index in [0.29, 0.717) is 23.0 Å². The minimum Gasteiger partial charge on any atom is -0.346 e. The van der Waals surface area contributed by atoms with E-state index in [9.17, 15) is 9.59 Å². The van der Waals surface area contributed by atoms with E-state index in [1.54, 1.807) is 10.8 Å². The molecule has 0 atom stereocenters. The summed E-state index contributed by atoms with van der Waals surface area (Å²) in [5.41, 5.74) is 0.601. The van der Waals surface area contributed by atoms with E-state index in [1.807, 2.05) is 6.07 Å². The van der Waals surface area contributed by atoms with Crippen molar-refractivity contribution in [2.75, 3.05) is 19.6 Å². The molecule has 0 unspecified atom stereocenters. The number of nitrogens with zero attached hydrogens (tertiary/aromatic N) is 4. The lowest BCUT2D eigenvalue weighted by atomic mass is 10.0. The highest BCUT2D eigenvalue weighted by atomic mass is 16.2. The molecule has 8 nitrogen and oxygen atoms in total. The van der Waals surface area contributed by atoms with E-state index < -0.39 is 5.56 Å². The second kappa shape index (κ2) is 7.37. The molecule has 3 aromatic rings. The summed E-state index contributed by atoms with van der Waals surface area (Å²) in [6.45, 7) is 2.80. The number of rotatable bonds is 5. The van der Waals surface area contributed by atoms with Crippen molar-refractivity contribution < 1.29 is 0 Å². The van der Waals surface area contributed by atoms with E-state index in [2.05, 4.69) is 25.9 Å². The molecule has 3 aromatic heterocycles. The molecule has 2 N–H and O–H groups in total. The zero-order valence-electron chi connectivity index (χ0n) is 15.1. The van der Waals surface area contributed by atoms with Crippen molar-refractivity contribution >= 4 is 21.9 Å². The Kier molecular flexibility index (Phi) is 4.77. The van der Waals surface area contributed by atoms with Gasteiger partial charge in [0.15, 0.2) is 0 Å². The van der Waals surface area contributed by atoms with Gasteiger partial charge in [0.05, 0.1) is 17.0 Å². The topological polar surface area (TPSA) is 111 Å². The number of aromatic nitrogens is 4. The van der Waals surface area contributed by atoms with Crippen LogP contribution in [0.1, 0.15) is 38.1 Å². The third-order valence-electron chi connectivity index (χ3n) is 5.42. The summed E-state index contributed by atoms with van der Waals surface area (Å²) < 4.78 is 1.75. The van der Waals surface area contributed by atoms with Crippen LogP contribution in [0.5, 0.6) is 0 Å². The van der Waals surface area contributed by atoms with Gasteiger partial charge in [0, 0.05) is 43.3 Å². The van der Waals surface area contributed by atoms with Gasteiger partial charge in [-0.3, -0.25) is 14.3 Å². The Balaban J connectivity index is 1.63. The molecule has 27 heavy (non-hydrogen) atoms. The van der Waals surface area contributed by atoms with Crippen LogP contribution in [0.25, 0.3) is 21.9 Å². The number of hydrogen-bond acceptors (Lipinski definition) is 5. The summed E-state index contributed by atoms with van der Waals surface area (Å²) in [5, 5.41) is 9.87. The van der Waals surface area contributed by atoms with Crippen LogP contribution in [0.15, 0.2) is 28.0 Å². The van der Waals surface area contributed by atoms with Crippen molar-refractivity contribution in [1.82, 2.24) is 24.4 Å². The summed E-state index contributed by atoms with van der Waals surface area (Å²) in [6.07, 6.45) is 7.58. The number of piperidine rings is 1. The summed E-state index contributed by atoms with van der Waals surface area (Å²) in [4.78, 5) is 37.1. The number of unbranched alkanes of at least 4 members (excludes halogenated alkanes) is 2. The van der Waals surface area contributed by atoms with Gasteiger partial charge in [-0.1, -0.05) is 0 Å². The van der Waals surface area contributed by atoms with Crippen LogP contribution in [0.3, 0.4) is 0 Å². The summed E-state index contributed by atoms with van der Waals surface area (Å²) >= 11 is 0. The van der Waals surface area contributed by atoms with Crippen molar-refractivity contribution in [2.24, 2.45) is 0 Å². The first-order valence-corrected chi connectivity index (χ1v) is 9.39. The Morgan fingerprint density at radius 1 is 1.22 bits per heavy atom. The molecule has 1 fully saturated rings. The Morgan fingerprint density at radius 2 is 2.04 bits per heavy atom. The minimum atomic E-state index is -0.392. The minimum absolute atomic E-state index is 0.0488. The largest absolute Gasteiger partial charge is 0.346 e. The Labute approximate surface area is 155 Å². The number of nitrogens with one attached hydrogen (secondary N) is 2. The molecular formula is C19H22N6O2. The Bertz CT molecular complexity index is 1110. The molecular weight excluding hydrogens is 344 g/mol. The molecule has 8 heteroatoms. The molecule has 140 valence electrons. The van der Waals surface area contributed by atoms with E-state index >= 15 is 0 Å². The fraction of sp³-hybridized carbons (Fsp3) is 0.474. The lowest BCUT2D eigenvalue weighted by Gasteiger charge is -2.33. The molecule has 1 aliphatic rings. The maximum Gasteiger partial charge on any atom is 0.329 e. The second-order valence-corrected chi connectivity index (χ2v) is 7.08. The number of nitriles is 1. The van der Waals surface area contributed by atoms with Gasteiger partial charge in [-0.25, -0.2) is 9.78 Å². The van der Waals surface area contributed by atoms with E-state index in [1.165, 1.54) is 6.20 Å². The van der Waals surface area contributed by atoms with Crippen molar-refractivity contribution in [3.05, 3.63) is 39.3 Å². The number of aromatic amines is 2. The quantitative estimate of drug-likeness (QED) is 0.670. The third kappa shape index (κ3) is 3.26. The highest BCUT2D eigenvalue weighted by Crippen LogP contribution is 2.27. The molecule has 0 spiro atoms. The monoisotopic (exact) mass is 366 g/mol. The van der Waals surface area contributed by atoms with E-state index in [0.717, 1.165) is 50.7 Å². The summed E-state index contributed by atoms with van der Waals surface area (Å²) in [6, 6.07) is 4.10. The smallest absolute Gasteiger partial charge is 0.329 e. The predicted molar refractivity (Wildman–Crippen MR) is 103 cm³/mol. The maximum atomic E-state index is 12.7. The van der Waals surface area contributed by atoms with Crippen molar-refractivity contribution in [3.63, 3.8) is 0 Å². The molecule has 1 saturated heterocycles. The van der Waals surface area contributed by atoms with Gasteiger partial charge in [0.1, 0.15) is 5.65 Å². The highest BCUT2D eigenvalue weighted by molar-refractivity contribution is 6.01. The van der Waals surface area contributed by atoms with Crippen LogP contribution in [-0.2, 0) is 0 Å². The molecule has 4 heterocycles. The Morgan fingerprint density at radius 3 is 2.81 bits per heavy atom. The first-order valence-electron chi connectivity index (χ1n) is 9.39. The number of fused-ring (bicyclic) bond motifs is 3. The SMILES string of the molecule is N#CCCCCN1CCC(n2c(=O)[nH]c(=O)c3cnc4[nH]ccc4c32)CC1. The molecule has 4 rings (SSSR count). The average molecular weight is 366 g/mol. The normalized spacial score (nSPS) is 16.1. The van der Waals surface area contributed by atoms with Gasteiger partial charge >= 0.3 is 5.69 Å². The molecule has 0 radical (unpaired) electrons. The summed E-state index contributed by atoms with van der Waals surface area (Å²) in [7, 11) is 0. The van der Waals surface area contributed by atoms with Crippen LogP contribution in [0.4, 0.5) is 0 Å². The van der Waals surface area contributed by atoms with Gasteiger partial charge in [-0.2, -0.15) is 5.26 Å². The zero-order valence-corrected chi connectivity index (χ0v) is 15.1. The van der Waals surface area contributed by atoms with E-state index in [4.69, 9.17) is 5.26 Å². The van der Waals surface area contributed by atoms with Gasteiger partial charge in [-0.05, 0) is 38.3 Å². The maximum absolute atomic E-state index is 12.7. The van der Waals surface area contributed by atoms with Gasteiger partial charge < -0.3 is 9.88 Å². The van der Waals surface area contributed by atoms with Crippen molar-refractivity contribution in [3.8, 4) is 6.07 Å². The highest BCUT2D eigenvalue weighted by Gasteiger charge is 2.24. The van der Waals surface area contributed by atoms with Crippen molar-refractivity contribution in [2.45, 2.75) is 38.1 Å². The standard InChI is InChI=1S/C19H22N6O2/c20-7-2-1-3-9-24-10-5-13(6-11-24)25-16-14-4-8-21-17(14)22-12-15(16)18(26)23-19(25)27/h4,8,12-13H,1-3,5-6,9-11H2,(H,21,22)(H,23,26,27). The number of pyridine rings is 1. The van der Waals surface area contributed by atoms with Crippen LogP contribution in [0.2, 0.25) is 0 Å². The lowest BCUT2D eigenvalue weighted by molar-refractivity contribution is 0.183. The van der Waals surface area contributed by atoms with Gasteiger partial charge in [0.25, 0.3) is 5.56 Å². The van der Waals surface area contributed by atoms with Gasteiger partial charge in [-0.15, -0.1) is 0 Å². The molecule has 1 aliphatic heterocycles. The third-order valence-corrected chi connectivity index (χ3v) is 5.42. The van der Waals surface area contributed by atoms with Crippen LogP contribution >= 0.6 is 0 Å². The Hall–Kier alpha value is -2.92. The fourth-order valence-corrected chi connectivity index (χ4v) is 4.03. The van der Waals surface area contributed by atoms with Gasteiger partial charge in [0.2, 0.25) is 0 Å². The first-order chi connectivity index (χ1) is 13.2.